The van der Waals surface area contributed by atoms with Gasteiger partial charge in [0.1, 0.15) is 0 Å². The third-order valence-electron chi connectivity index (χ3n) is 3.00. The molecular formula is C10H17BrO2. The maximum Gasteiger partial charge on any atom is 0.169 e. The molecule has 0 bridgehead atoms. The summed E-state index contributed by atoms with van der Waals surface area (Å²) in [5, 5.41) is 0.892. The zero-order valence-corrected chi connectivity index (χ0v) is 9.68. The molecule has 0 aromatic carbocycles. The van der Waals surface area contributed by atoms with E-state index in [4.69, 9.17) is 9.47 Å². The summed E-state index contributed by atoms with van der Waals surface area (Å²) in [6, 6.07) is 0. The Labute approximate surface area is 88.1 Å². The Kier molecular flexibility index (Phi) is 2.96. The first kappa shape index (κ1) is 9.94. The molecule has 3 atom stereocenters. The van der Waals surface area contributed by atoms with Gasteiger partial charge in [-0.3, -0.25) is 0 Å². The molecule has 2 rings (SSSR count). The summed E-state index contributed by atoms with van der Waals surface area (Å²) in [4.78, 5) is 0. The van der Waals surface area contributed by atoms with Crippen LogP contribution in [0, 0.1) is 5.92 Å². The molecule has 1 saturated carbocycles. The monoisotopic (exact) mass is 248 g/mol. The summed E-state index contributed by atoms with van der Waals surface area (Å²) in [5.74, 6) is 0.540. The standard InChI is InChI=1S/C10H17BrO2/c1-8-3-2-4-10(5-8)12-7-9(6-11)13-10/h8-9H,2-7H2,1H3. The molecule has 76 valence electrons. The lowest BCUT2D eigenvalue weighted by molar-refractivity contribution is -0.193. The minimum atomic E-state index is -0.212. The van der Waals surface area contributed by atoms with E-state index in [1.807, 2.05) is 0 Å². The van der Waals surface area contributed by atoms with Crippen LogP contribution in [-0.2, 0) is 9.47 Å². The summed E-state index contributed by atoms with van der Waals surface area (Å²) < 4.78 is 11.7. The first-order valence-corrected chi connectivity index (χ1v) is 6.24. The van der Waals surface area contributed by atoms with Crippen LogP contribution in [0.1, 0.15) is 32.6 Å². The zero-order valence-electron chi connectivity index (χ0n) is 8.09. The minimum Gasteiger partial charge on any atom is -0.347 e. The second-order valence-electron chi connectivity index (χ2n) is 4.32. The highest BCUT2D eigenvalue weighted by Gasteiger charge is 2.43. The van der Waals surface area contributed by atoms with E-state index in [0.29, 0.717) is 0 Å². The molecule has 1 spiro atoms. The molecule has 1 aliphatic heterocycles. The van der Waals surface area contributed by atoms with Crippen molar-refractivity contribution in [3.63, 3.8) is 0 Å². The van der Waals surface area contributed by atoms with E-state index in [9.17, 15) is 0 Å². The van der Waals surface area contributed by atoms with Crippen molar-refractivity contribution in [3.05, 3.63) is 0 Å². The van der Waals surface area contributed by atoms with E-state index in [0.717, 1.165) is 30.7 Å². The topological polar surface area (TPSA) is 18.5 Å². The quantitative estimate of drug-likeness (QED) is 0.665. The van der Waals surface area contributed by atoms with Gasteiger partial charge in [-0.05, 0) is 12.3 Å². The number of halogens is 1. The summed E-state index contributed by atoms with van der Waals surface area (Å²) in [6.45, 7) is 3.05. The Bertz CT molecular complexity index is 186. The number of ether oxygens (including phenoxy) is 2. The van der Waals surface area contributed by atoms with Crippen molar-refractivity contribution in [2.45, 2.75) is 44.5 Å². The zero-order chi connectivity index (χ0) is 9.31. The van der Waals surface area contributed by atoms with Crippen molar-refractivity contribution in [1.82, 2.24) is 0 Å². The number of hydrogen-bond donors (Lipinski definition) is 0. The maximum atomic E-state index is 5.94. The lowest BCUT2D eigenvalue weighted by atomic mass is 9.86. The average Bonchev–Trinajstić information content (AvgIpc) is 2.48. The summed E-state index contributed by atoms with van der Waals surface area (Å²) in [7, 11) is 0. The molecule has 0 radical (unpaired) electrons. The Morgan fingerprint density at radius 3 is 3.00 bits per heavy atom. The molecule has 1 heterocycles. The third-order valence-corrected chi connectivity index (χ3v) is 3.72. The van der Waals surface area contributed by atoms with Gasteiger partial charge in [0.2, 0.25) is 0 Å². The van der Waals surface area contributed by atoms with Gasteiger partial charge in [-0.25, -0.2) is 0 Å². The van der Waals surface area contributed by atoms with E-state index in [1.54, 1.807) is 0 Å². The van der Waals surface area contributed by atoms with Crippen molar-refractivity contribution in [2.75, 3.05) is 11.9 Å². The second kappa shape index (κ2) is 3.87. The highest BCUT2D eigenvalue weighted by Crippen LogP contribution is 2.40. The van der Waals surface area contributed by atoms with Gasteiger partial charge in [-0.2, -0.15) is 0 Å². The van der Waals surface area contributed by atoms with Gasteiger partial charge < -0.3 is 9.47 Å². The number of alkyl halides is 1. The molecule has 2 fully saturated rings. The fourth-order valence-corrected chi connectivity index (χ4v) is 2.70. The van der Waals surface area contributed by atoms with Crippen LogP contribution in [0.4, 0.5) is 0 Å². The van der Waals surface area contributed by atoms with Crippen molar-refractivity contribution < 1.29 is 9.47 Å². The predicted molar refractivity (Wildman–Crippen MR) is 55.0 cm³/mol. The Morgan fingerprint density at radius 1 is 1.54 bits per heavy atom. The Morgan fingerprint density at radius 2 is 2.38 bits per heavy atom. The molecule has 3 unspecified atom stereocenters. The second-order valence-corrected chi connectivity index (χ2v) is 4.96. The molecule has 13 heavy (non-hydrogen) atoms. The molecule has 1 aliphatic carbocycles. The van der Waals surface area contributed by atoms with Crippen LogP contribution < -0.4 is 0 Å². The third kappa shape index (κ3) is 2.08. The maximum absolute atomic E-state index is 5.94. The van der Waals surface area contributed by atoms with Crippen LogP contribution in [0.2, 0.25) is 0 Å². The highest BCUT2D eigenvalue weighted by atomic mass is 79.9. The van der Waals surface area contributed by atoms with Gasteiger partial charge in [0, 0.05) is 18.2 Å². The van der Waals surface area contributed by atoms with Gasteiger partial charge in [-0.1, -0.05) is 29.3 Å². The summed E-state index contributed by atoms with van der Waals surface area (Å²) >= 11 is 3.44. The molecule has 3 heteroatoms. The molecule has 0 N–H and O–H groups in total. The van der Waals surface area contributed by atoms with Gasteiger partial charge in [0.25, 0.3) is 0 Å². The van der Waals surface area contributed by atoms with Gasteiger partial charge in [-0.15, -0.1) is 0 Å². The molecule has 0 amide bonds. The first-order chi connectivity index (χ1) is 6.24. The largest absolute Gasteiger partial charge is 0.347 e. The highest BCUT2D eigenvalue weighted by molar-refractivity contribution is 9.09. The lowest BCUT2D eigenvalue weighted by Crippen LogP contribution is -2.36. The Hall–Kier alpha value is 0.400. The van der Waals surface area contributed by atoms with Crippen LogP contribution in [0.15, 0.2) is 0 Å². The van der Waals surface area contributed by atoms with Crippen molar-refractivity contribution >= 4 is 15.9 Å². The molecule has 1 saturated heterocycles. The molecule has 0 aromatic rings. The van der Waals surface area contributed by atoms with Crippen LogP contribution in [0.5, 0.6) is 0 Å². The average molecular weight is 249 g/mol. The normalized spacial score (nSPS) is 45.7. The predicted octanol–water partition coefficient (Wildman–Crippen LogP) is 2.70. The van der Waals surface area contributed by atoms with Crippen LogP contribution in [0.3, 0.4) is 0 Å². The smallest absolute Gasteiger partial charge is 0.169 e. The summed E-state index contributed by atoms with van der Waals surface area (Å²) in [6.07, 6.45) is 5.01. The molecule has 2 nitrogen and oxygen atoms in total. The van der Waals surface area contributed by atoms with E-state index in [2.05, 4.69) is 22.9 Å². The van der Waals surface area contributed by atoms with E-state index in [-0.39, 0.29) is 11.9 Å². The molecule has 2 aliphatic rings. The number of rotatable bonds is 1. The van der Waals surface area contributed by atoms with E-state index in [1.165, 1.54) is 12.8 Å². The lowest BCUT2D eigenvalue weighted by Gasteiger charge is -2.35. The molecular weight excluding hydrogens is 232 g/mol. The first-order valence-electron chi connectivity index (χ1n) is 5.12. The van der Waals surface area contributed by atoms with E-state index >= 15 is 0 Å². The van der Waals surface area contributed by atoms with Crippen molar-refractivity contribution in [3.8, 4) is 0 Å². The van der Waals surface area contributed by atoms with Crippen molar-refractivity contribution in [2.24, 2.45) is 5.92 Å². The van der Waals surface area contributed by atoms with Crippen LogP contribution in [0.25, 0.3) is 0 Å². The minimum absolute atomic E-state index is 0.212. The van der Waals surface area contributed by atoms with Crippen LogP contribution in [-0.4, -0.2) is 23.8 Å². The molecule has 0 aromatic heterocycles. The van der Waals surface area contributed by atoms with Gasteiger partial charge in [0.05, 0.1) is 12.7 Å². The number of hydrogen-bond acceptors (Lipinski definition) is 2. The summed E-state index contributed by atoms with van der Waals surface area (Å²) in [5.41, 5.74) is 0. The van der Waals surface area contributed by atoms with Gasteiger partial charge in [0.15, 0.2) is 5.79 Å². The van der Waals surface area contributed by atoms with E-state index < -0.39 is 0 Å². The fourth-order valence-electron chi connectivity index (χ4n) is 2.39. The van der Waals surface area contributed by atoms with Gasteiger partial charge >= 0.3 is 0 Å². The SMILES string of the molecule is CC1CCCC2(C1)OCC(CBr)O2. The van der Waals surface area contributed by atoms with Crippen molar-refractivity contribution in [1.29, 1.82) is 0 Å². The van der Waals surface area contributed by atoms with Crippen LogP contribution >= 0.6 is 15.9 Å². The fraction of sp³-hybridized carbons (Fsp3) is 1.00. The Balaban J connectivity index is 1.97.